The fourth-order valence-electron chi connectivity index (χ4n) is 2.69. The normalized spacial score (nSPS) is 15.8. The molecule has 0 spiro atoms. The van der Waals surface area contributed by atoms with Crippen LogP contribution in [-0.2, 0) is 22.1 Å². The Kier molecular flexibility index (Phi) is 5.84. The highest BCUT2D eigenvalue weighted by atomic mass is 35.5. The third-order valence-corrected chi connectivity index (χ3v) is 5.39. The zero-order chi connectivity index (χ0) is 18.7. The monoisotopic (exact) mass is 404 g/mol. The molecular formula is C17H16ClF3N2O2S. The lowest BCUT2D eigenvalue weighted by atomic mass is 10.00. The summed E-state index contributed by atoms with van der Waals surface area (Å²) >= 11 is 7.25. The molecule has 1 fully saturated rings. The van der Waals surface area contributed by atoms with Crippen molar-refractivity contribution in [3.63, 3.8) is 0 Å². The summed E-state index contributed by atoms with van der Waals surface area (Å²) in [7, 11) is 0. The Bertz CT molecular complexity index is 789. The standard InChI is InChI=1S/C17H16ClF3N2O2S/c18-14-2-1-12(17(19,20)21)7-11(14)8-13-9-22-16(26-13)23-15(24)10-3-5-25-6-4-10/h1-2,7,9-10H,3-6,8H2,(H,22,23,24). The minimum Gasteiger partial charge on any atom is -0.381 e. The van der Waals surface area contributed by atoms with Crippen molar-refractivity contribution in [2.45, 2.75) is 25.4 Å². The number of amides is 1. The van der Waals surface area contributed by atoms with Gasteiger partial charge in [0, 0.05) is 41.6 Å². The van der Waals surface area contributed by atoms with Gasteiger partial charge in [0.15, 0.2) is 5.13 Å². The van der Waals surface area contributed by atoms with Crippen LogP contribution in [0.1, 0.15) is 28.8 Å². The Labute approximate surface area is 157 Å². The topological polar surface area (TPSA) is 51.2 Å². The second-order valence-corrected chi connectivity index (χ2v) is 7.51. The Hall–Kier alpha value is -1.64. The first-order valence-electron chi connectivity index (χ1n) is 8.02. The molecular weight excluding hydrogens is 389 g/mol. The Balaban J connectivity index is 1.68. The number of nitrogens with zero attached hydrogens (tertiary/aromatic N) is 1. The van der Waals surface area contributed by atoms with Crippen LogP contribution in [0.25, 0.3) is 0 Å². The number of alkyl halides is 3. The number of hydrogen-bond acceptors (Lipinski definition) is 4. The van der Waals surface area contributed by atoms with Crippen molar-refractivity contribution >= 4 is 34.0 Å². The van der Waals surface area contributed by atoms with Crippen molar-refractivity contribution in [2.75, 3.05) is 18.5 Å². The van der Waals surface area contributed by atoms with Gasteiger partial charge in [0.05, 0.1) is 5.56 Å². The maximum atomic E-state index is 12.9. The maximum absolute atomic E-state index is 12.9. The van der Waals surface area contributed by atoms with Crippen LogP contribution in [0.3, 0.4) is 0 Å². The number of ether oxygens (including phenoxy) is 1. The minimum atomic E-state index is -4.42. The van der Waals surface area contributed by atoms with Gasteiger partial charge in [0.1, 0.15) is 0 Å². The van der Waals surface area contributed by atoms with E-state index in [0.29, 0.717) is 41.6 Å². The summed E-state index contributed by atoms with van der Waals surface area (Å²) in [6.45, 7) is 1.13. The highest BCUT2D eigenvalue weighted by Crippen LogP contribution is 2.33. The smallest absolute Gasteiger partial charge is 0.381 e. The molecule has 1 aliphatic heterocycles. The lowest BCUT2D eigenvalue weighted by Crippen LogP contribution is -2.28. The molecule has 0 aliphatic carbocycles. The molecule has 1 saturated heterocycles. The average molecular weight is 405 g/mol. The highest BCUT2D eigenvalue weighted by molar-refractivity contribution is 7.15. The molecule has 1 aromatic heterocycles. The molecule has 2 aromatic rings. The molecule has 2 heterocycles. The molecule has 3 rings (SSSR count). The molecule has 0 bridgehead atoms. The van der Waals surface area contributed by atoms with Crippen LogP contribution in [0.4, 0.5) is 18.3 Å². The lowest BCUT2D eigenvalue weighted by Gasteiger charge is -2.20. The first-order valence-corrected chi connectivity index (χ1v) is 9.21. The van der Waals surface area contributed by atoms with Crippen LogP contribution in [0.15, 0.2) is 24.4 Å². The van der Waals surface area contributed by atoms with Crippen LogP contribution in [0, 0.1) is 5.92 Å². The van der Waals surface area contributed by atoms with E-state index in [2.05, 4.69) is 10.3 Å². The van der Waals surface area contributed by atoms with Gasteiger partial charge < -0.3 is 10.1 Å². The maximum Gasteiger partial charge on any atom is 0.416 e. The van der Waals surface area contributed by atoms with E-state index in [1.54, 1.807) is 6.20 Å². The van der Waals surface area contributed by atoms with Crippen LogP contribution in [0.5, 0.6) is 0 Å². The summed E-state index contributed by atoms with van der Waals surface area (Å²) in [5, 5.41) is 3.46. The van der Waals surface area contributed by atoms with Crippen LogP contribution in [0.2, 0.25) is 5.02 Å². The fourth-order valence-corrected chi connectivity index (χ4v) is 3.71. The Morgan fingerprint density at radius 3 is 2.77 bits per heavy atom. The average Bonchev–Trinajstić information content (AvgIpc) is 3.03. The first-order chi connectivity index (χ1) is 12.3. The molecule has 140 valence electrons. The summed E-state index contributed by atoms with van der Waals surface area (Å²) in [6.07, 6.45) is -1.32. The predicted octanol–water partition coefficient (Wildman–Crippen LogP) is 4.77. The number of hydrogen-bond donors (Lipinski definition) is 1. The van der Waals surface area contributed by atoms with Crippen molar-refractivity contribution in [1.82, 2.24) is 4.98 Å². The van der Waals surface area contributed by atoms with Crippen molar-refractivity contribution in [3.8, 4) is 0 Å². The number of halogens is 4. The molecule has 0 saturated carbocycles. The fraction of sp³-hybridized carbons (Fsp3) is 0.412. The summed E-state index contributed by atoms with van der Waals surface area (Å²) in [6, 6.07) is 3.25. The lowest BCUT2D eigenvalue weighted by molar-refractivity contribution is -0.137. The Morgan fingerprint density at radius 1 is 1.35 bits per heavy atom. The van der Waals surface area contributed by atoms with E-state index in [-0.39, 0.29) is 23.3 Å². The molecule has 0 atom stereocenters. The summed E-state index contributed by atoms with van der Waals surface area (Å²) < 4.78 is 43.8. The van der Waals surface area contributed by atoms with E-state index >= 15 is 0 Å². The second kappa shape index (κ2) is 7.94. The zero-order valence-corrected chi connectivity index (χ0v) is 15.2. The molecule has 1 N–H and O–H groups in total. The predicted molar refractivity (Wildman–Crippen MR) is 93.5 cm³/mol. The summed E-state index contributed by atoms with van der Waals surface area (Å²) in [5.74, 6) is -0.208. The van der Waals surface area contributed by atoms with Crippen molar-refractivity contribution in [2.24, 2.45) is 5.92 Å². The van der Waals surface area contributed by atoms with Crippen molar-refractivity contribution < 1.29 is 22.7 Å². The van der Waals surface area contributed by atoms with Crippen molar-refractivity contribution in [1.29, 1.82) is 0 Å². The number of aromatic nitrogens is 1. The van der Waals surface area contributed by atoms with Gasteiger partial charge in [0.25, 0.3) is 0 Å². The molecule has 1 aliphatic rings. The minimum absolute atomic E-state index is 0.103. The van der Waals surface area contributed by atoms with Gasteiger partial charge >= 0.3 is 6.18 Å². The van der Waals surface area contributed by atoms with Crippen molar-refractivity contribution in [3.05, 3.63) is 45.4 Å². The van der Waals surface area contributed by atoms with E-state index in [4.69, 9.17) is 16.3 Å². The van der Waals surface area contributed by atoms with Gasteiger partial charge in [-0.3, -0.25) is 4.79 Å². The molecule has 0 radical (unpaired) electrons. The molecule has 9 heteroatoms. The van der Waals surface area contributed by atoms with E-state index < -0.39 is 11.7 Å². The van der Waals surface area contributed by atoms with Gasteiger partial charge in [0.2, 0.25) is 5.91 Å². The highest BCUT2D eigenvalue weighted by Gasteiger charge is 2.31. The quantitative estimate of drug-likeness (QED) is 0.798. The van der Waals surface area contributed by atoms with E-state index in [1.165, 1.54) is 17.4 Å². The van der Waals surface area contributed by atoms with E-state index in [0.717, 1.165) is 12.1 Å². The SMILES string of the molecule is O=C(Nc1ncc(Cc2cc(C(F)(F)F)ccc2Cl)s1)C1CCOCC1. The third-order valence-electron chi connectivity index (χ3n) is 4.11. The first kappa shape index (κ1) is 19.1. The number of carbonyl (C=O) groups is 1. The summed E-state index contributed by atoms with van der Waals surface area (Å²) in [5.41, 5.74) is -0.373. The number of anilines is 1. The van der Waals surface area contributed by atoms with Crippen LogP contribution < -0.4 is 5.32 Å². The second-order valence-electron chi connectivity index (χ2n) is 5.99. The summed E-state index contributed by atoms with van der Waals surface area (Å²) in [4.78, 5) is 17.1. The van der Waals surface area contributed by atoms with Gasteiger partial charge in [-0.05, 0) is 36.6 Å². The van der Waals surface area contributed by atoms with E-state index in [1.807, 2.05) is 0 Å². The van der Waals surface area contributed by atoms with Gasteiger partial charge in [-0.25, -0.2) is 4.98 Å². The number of nitrogens with one attached hydrogen (secondary N) is 1. The van der Waals surface area contributed by atoms with Gasteiger partial charge in [-0.2, -0.15) is 13.2 Å². The number of thiazole rings is 1. The molecule has 1 amide bonds. The number of carbonyl (C=O) groups excluding carboxylic acids is 1. The molecule has 0 unspecified atom stereocenters. The largest absolute Gasteiger partial charge is 0.416 e. The molecule has 26 heavy (non-hydrogen) atoms. The molecule has 4 nitrogen and oxygen atoms in total. The zero-order valence-electron chi connectivity index (χ0n) is 13.6. The number of rotatable bonds is 4. The Morgan fingerprint density at radius 2 is 2.08 bits per heavy atom. The van der Waals surface area contributed by atoms with Gasteiger partial charge in [-0.15, -0.1) is 11.3 Å². The van der Waals surface area contributed by atoms with Crippen LogP contribution in [-0.4, -0.2) is 24.1 Å². The van der Waals surface area contributed by atoms with Gasteiger partial charge in [-0.1, -0.05) is 11.6 Å². The molecule has 1 aromatic carbocycles. The number of benzene rings is 1. The van der Waals surface area contributed by atoms with E-state index in [9.17, 15) is 18.0 Å². The third kappa shape index (κ3) is 4.75. The van der Waals surface area contributed by atoms with Crippen LogP contribution >= 0.6 is 22.9 Å².